The molecule has 0 aliphatic heterocycles. The van der Waals surface area contributed by atoms with Gasteiger partial charge in [0.05, 0.1) is 22.5 Å². The van der Waals surface area contributed by atoms with Crippen molar-refractivity contribution in [3.05, 3.63) is 54.1 Å². The largest absolute Gasteiger partial charge is 0.324 e. The standard InChI is InChI=1S/C21H18N6OS/c1-2-11-27-17-10-6-4-8-15(17)19-20(27)24-21(26-25-19)29-13-18(28)23-16-9-5-3-7-14(16)12-22/h3-10H,2,11,13H2,1H3,(H,23,28). The summed E-state index contributed by atoms with van der Waals surface area (Å²) in [5.41, 5.74) is 3.55. The molecule has 0 radical (unpaired) electrons. The maximum absolute atomic E-state index is 12.3. The number of nitrogens with zero attached hydrogens (tertiary/aromatic N) is 5. The van der Waals surface area contributed by atoms with Crippen LogP contribution in [-0.2, 0) is 11.3 Å². The predicted molar refractivity (Wildman–Crippen MR) is 114 cm³/mol. The summed E-state index contributed by atoms with van der Waals surface area (Å²) in [5.74, 6) is -0.100. The Bertz CT molecular complexity index is 1240. The molecule has 2 aromatic carbocycles. The van der Waals surface area contributed by atoms with Crippen molar-refractivity contribution in [1.29, 1.82) is 5.26 Å². The van der Waals surface area contributed by atoms with Crippen molar-refractivity contribution in [1.82, 2.24) is 19.7 Å². The fraction of sp³-hybridized carbons (Fsp3) is 0.190. The first-order valence-electron chi connectivity index (χ1n) is 9.24. The van der Waals surface area contributed by atoms with Crippen LogP contribution in [0.2, 0.25) is 0 Å². The topological polar surface area (TPSA) is 96.5 Å². The SMILES string of the molecule is CCCn1c2ccccc2c2nnc(SCC(=O)Nc3ccccc3C#N)nc21. The molecule has 144 valence electrons. The van der Waals surface area contributed by atoms with Crippen LogP contribution in [0.25, 0.3) is 22.1 Å². The molecule has 2 heterocycles. The van der Waals surface area contributed by atoms with Gasteiger partial charge in [0.1, 0.15) is 11.6 Å². The van der Waals surface area contributed by atoms with Crippen molar-refractivity contribution in [3.63, 3.8) is 0 Å². The van der Waals surface area contributed by atoms with Gasteiger partial charge in [-0.25, -0.2) is 4.98 Å². The highest BCUT2D eigenvalue weighted by Crippen LogP contribution is 2.27. The number of nitriles is 1. The minimum Gasteiger partial charge on any atom is -0.324 e. The molecule has 0 aliphatic carbocycles. The quantitative estimate of drug-likeness (QED) is 0.490. The second-order valence-corrected chi connectivity index (χ2v) is 7.37. The molecule has 1 amide bonds. The van der Waals surface area contributed by atoms with E-state index >= 15 is 0 Å². The first-order valence-corrected chi connectivity index (χ1v) is 10.2. The summed E-state index contributed by atoms with van der Waals surface area (Å²) >= 11 is 1.22. The number of amides is 1. The highest BCUT2D eigenvalue weighted by atomic mass is 32.2. The lowest BCUT2D eigenvalue weighted by atomic mass is 10.2. The van der Waals surface area contributed by atoms with Crippen LogP contribution in [0.15, 0.2) is 53.7 Å². The average Bonchev–Trinajstić information content (AvgIpc) is 3.06. The number of rotatable bonds is 6. The van der Waals surface area contributed by atoms with Crippen molar-refractivity contribution in [2.24, 2.45) is 0 Å². The fourth-order valence-corrected chi connectivity index (χ4v) is 3.79. The molecule has 0 fully saturated rings. The van der Waals surface area contributed by atoms with Crippen molar-refractivity contribution >= 4 is 45.4 Å². The first kappa shape index (κ1) is 18.9. The van der Waals surface area contributed by atoms with E-state index in [-0.39, 0.29) is 11.7 Å². The normalized spacial score (nSPS) is 10.9. The summed E-state index contributed by atoms with van der Waals surface area (Å²) in [7, 11) is 0. The monoisotopic (exact) mass is 402 g/mol. The van der Waals surface area contributed by atoms with E-state index in [9.17, 15) is 4.79 Å². The molecule has 1 N–H and O–H groups in total. The zero-order valence-electron chi connectivity index (χ0n) is 15.8. The van der Waals surface area contributed by atoms with Crippen molar-refractivity contribution < 1.29 is 4.79 Å². The van der Waals surface area contributed by atoms with Crippen LogP contribution in [0, 0.1) is 11.3 Å². The third kappa shape index (κ3) is 3.77. The minimum absolute atomic E-state index is 0.126. The van der Waals surface area contributed by atoms with Crippen LogP contribution in [0.3, 0.4) is 0 Å². The van der Waals surface area contributed by atoms with Crippen LogP contribution in [0.4, 0.5) is 5.69 Å². The highest BCUT2D eigenvalue weighted by molar-refractivity contribution is 7.99. The molecule has 0 aliphatic rings. The van der Waals surface area contributed by atoms with E-state index in [4.69, 9.17) is 5.26 Å². The molecule has 0 saturated heterocycles. The van der Waals surface area contributed by atoms with Gasteiger partial charge in [-0.3, -0.25) is 4.79 Å². The van der Waals surface area contributed by atoms with E-state index in [0.717, 1.165) is 35.0 Å². The summed E-state index contributed by atoms with van der Waals surface area (Å²) in [6, 6.07) is 17.0. The molecule has 0 atom stereocenters. The number of aromatic nitrogens is 4. The Morgan fingerprint density at radius 2 is 1.97 bits per heavy atom. The zero-order chi connectivity index (χ0) is 20.2. The number of nitrogens with one attached hydrogen (secondary N) is 1. The van der Waals surface area contributed by atoms with E-state index in [1.54, 1.807) is 24.3 Å². The van der Waals surface area contributed by atoms with Crippen molar-refractivity contribution in [2.45, 2.75) is 25.0 Å². The summed E-state index contributed by atoms with van der Waals surface area (Å²) in [6.07, 6.45) is 0.973. The average molecular weight is 402 g/mol. The molecule has 29 heavy (non-hydrogen) atoms. The van der Waals surface area contributed by atoms with Gasteiger partial charge in [-0.15, -0.1) is 10.2 Å². The molecular formula is C21H18N6OS. The lowest BCUT2D eigenvalue weighted by Gasteiger charge is -2.06. The molecule has 4 rings (SSSR count). The number of anilines is 1. The van der Waals surface area contributed by atoms with Gasteiger partial charge in [-0.2, -0.15) is 5.26 Å². The summed E-state index contributed by atoms with van der Waals surface area (Å²) < 4.78 is 2.15. The van der Waals surface area contributed by atoms with Gasteiger partial charge in [0, 0.05) is 11.9 Å². The summed E-state index contributed by atoms with van der Waals surface area (Å²) in [5, 5.41) is 21.9. The van der Waals surface area contributed by atoms with E-state index in [0.29, 0.717) is 16.4 Å². The number of hydrogen-bond acceptors (Lipinski definition) is 6. The van der Waals surface area contributed by atoms with Gasteiger partial charge in [0.25, 0.3) is 0 Å². The molecule has 0 bridgehead atoms. The van der Waals surface area contributed by atoms with Gasteiger partial charge >= 0.3 is 0 Å². The van der Waals surface area contributed by atoms with E-state index in [2.05, 4.69) is 44.1 Å². The van der Waals surface area contributed by atoms with Gasteiger partial charge in [-0.05, 0) is 24.6 Å². The molecule has 0 spiro atoms. The number of carbonyl (C=O) groups is 1. The minimum atomic E-state index is -0.226. The smallest absolute Gasteiger partial charge is 0.234 e. The molecule has 4 aromatic rings. The molecule has 8 heteroatoms. The Balaban J connectivity index is 1.56. The lowest BCUT2D eigenvalue weighted by molar-refractivity contribution is -0.113. The number of para-hydroxylation sites is 2. The number of benzene rings is 2. The number of carbonyl (C=O) groups excluding carboxylic acids is 1. The van der Waals surface area contributed by atoms with Gasteiger partial charge in [-0.1, -0.05) is 49.0 Å². The van der Waals surface area contributed by atoms with Gasteiger partial charge in [0.15, 0.2) is 5.65 Å². The van der Waals surface area contributed by atoms with Crippen LogP contribution >= 0.6 is 11.8 Å². The van der Waals surface area contributed by atoms with Crippen molar-refractivity contribution in [3.8, 4) is 6.07 Å². The molecule has 2 aromatic heterocycles. The van der Waals surface area contributed by atoms with Gasteiger partial charge in [0.2, 0.25) is 11.1 Å². The third-order valence-corrected chi connectivity index (χ3v) is 5.29. The predicted octanol–water partition coefficient (Wildman–Crippen LogP) is 3.99. The molecule has 0 unspecified atom stereocenters. The summed E-state index contributed by atoms with van der Waals surface area (Å²) in [4.78, 5) is 17.0. The maximum Gasteiger partial charge on any atom is 0.234 e. The first-order chi connectivity index (χ1) is 14.2. The number of aryl methyl sites for hydroxylation is 1. The third-order valence-electron chi connectivity index (χ3n) is 4.46. The Morgan fingerprint density at radius 3 is 2.79 bits per heavy atom. The fourth-order valence-electron chi connectivity index (χ4n) is 3.21. The zero-order valence-corrected chi connectivity index (χ0v) is 16.6. The number of thioether (sulfide) groups is 1. The molecule has 0 saturated carbocycles. The summed E-state index contributed by atoms with van der Waals surface area (Å²) in [6.45, 7) is 2.95. The Labute approximate surface area is 171 Å². The van der Waals surface area contributed by atoms with Crippen LogP contribution in [-0.4, -0.2) is 31.4 Å². The molecule has 7 nitrogen and oxygen atoms in total. The Hall–Kier alpha value is -3.44. The highest BCUT2D eigenvalue weighted by Gasteiger charge is 2.15. The maximum atomic E-state index is 12.3. The second-order valence-electron chi connectivity index (χ2n) is 6.43. The van der Waals surface area contributed by atoms with Crippen LogP contribution in [0.1, 0.15) is 18.9 Å². The van der Waals surface area contributed by atoms with Crippen LogP contribution < -0.4 is 5.32 Å². The van der Waals surface area contributed by atoms with Crippen molar-refractivity contribution in [2.75, 3.05) is 11.1 Å². The molecular weight excluding hydrogens is 384 g/mol. The second kappa shape index (κ2) is 8.29. The van der Waals surface area contributed by atoms with E-state index < -0.39 is 0 Å². The van der Waals surface area contributed by atoms with E-state index in [1.165, 1.54) is 11.8 Å². The Kier molecular flexibility index (Phi) is 5.40. The van der Waals surface area contributed by atoms with Gasteiger partial charge < -0.3 is 9.88 Å². The number of fused-ring (bicyclic) bond motifs is 3. The number of hydrogen-bond donors (Lipinski definition) is 1. The van der Waals surface area contributed by atoms with Crippen LogP contribution in [0.5, 0.6) is 0 Å². The van der Waals surface area contributed by atoms with E-state index in [1.807, 2.05) is 18.2 Å². The Morgan fingerprint density at radius 1 is 1.17 bits per heavy atom. The lowest BCUT2D eigenvalue weighted by Crippen LogP contribution is -2.15.